The average molecular weight is 373 g/mol. The van der Waals surface area contributed by atoms with Gasteiger partial charge in [0.15, 0.2) is 17.4 Å². The Morgan fingerprint density at radius 1 is 1.19 bits per heavy atom. The number of carbonyl (C=O) groups is 1. The number of phenolic OH excluding ortho intramolecular Hbond substituents is 1. The lowest BCUT2D eigenvalue weighted by molar-refractivity contribution is 0.0960. The summed E-state index contributed by atoms with van der Waals surface area (Å²) in [7, 11) is 1.52. The van der Waals surface area contributed by atoms with Crippen molar-refractivity contribution >= 4 is 35.0 Å². The first-order valence-corrected chi connectivity index (χ1v) is 8.66. The van der Waals surface area contributed by atoms with E-state index in [-0.39, 0.29) is 17.2 Å². The minimum absolute atomic E-state index is 0.134. The Morgan fingerprint density at radius 2 is 1.96 bits per heavy atom. The van der Waals surface area contributed by atoms with Gasteiger partial charge in [0, 0.05) is 7.05 Å². The molecule has 0 aliphatic heterocycles. The molecule has 0 unspecified atom stereocenters. The third kappa shape index (κ3) is 3.62. The second kappa shape index (κ2) is 7.44. The van der Waals surface area contributed by atoms with Crippen molar-refractivity contribution in [2.75, 3.05) is 17.7 Å². The van der Waals surface area contributed by atoms with E-state index < -0.39 is 0 Å². The predicted molar refractivity (Wildman–Crippen MR) is 100 cm³/mol. The summed E-state index contributed by atoms with van der Waals surface area (Å²) < 4.78 is 13.9. The van der Waals surface area contributed by atoms with Crippen LogP contribution in [0.25, 0.3) is 0 Å². The zero-order valence-corrected chi connectivity index (χ0v) is 15.4. The summed E-state index contributed by atoms with van der Waals surface area (Å²) in [4.78, 5) is 12.0. The van der Waals surface area contributed by atoms with Crippen molar-refractivity contribution in [1.29, 1.82) is 0 Å². The standard InChI is InChI=1S/C17H19N5O3S/c1-9-4-7-12(14(23)13(9)17(24)18-3)20-16-15(21-26-22-16)19-8-11-6-5-10(2)25-11/h4-7,23H,8H2,1-3H3,(H,18,24)(H,19,21)(H,20,22). The van der Waals surface area contributed by atoms with Gasteiger partial charge in [0.25, 0.3) is 5.91 Å². The van der Waals surface area contributed by atoms with Gasteiger partial charge in [0.05, 0.1) is 29.5 Å². The minimum Gasteiger partial charge on any atom is -0.505 e. The molecule has 0 saturated heterocycles. The number of nitrogens with zero attached hydrogens (tertiary/aromatic N) is 2. The van der Waals surface area contributed by atoms with Crippen LogP contribution in [0.1, 0.15) is 27.4 Å². The molecule has 0 radical (unpaired) electrons. The summed E-state index contributed by atoms with van der Waals surface area (Å²) in [6.07, 6.45) is 0. The molecule has 2 aromatic heterocycles. The number of nitrogens with one attached hydrogen (secondary N) is 3. The number of rotatable bonds is 6. The molecular weight excluding hydrogens is 354 g/mol. The van der Waals surface area contributed by atoms with Crippen LogP contribution in [0.5, 0.6) is 5.75 Å². The van der Waals surface area contributed by atoms with Gasteiger partial charge >= 0.3 is 0 Å². The van der Waals surface area contributed by atoms with Gasteiger partial charge in [-0.2, -0.15) is 8.75 Å². The number of hydrogen-bond donors (Lipinski definition) is 4. The second-order valence-corrected chi connectivity index (χ2v) is 6.21. The first-order valence-electron chi connectivity index (χ1n) is 7.93. The van der Waals surface area contributed by atoms with Crippen molar-refractivity contribution in [2.45, 2.75) is 20.4 Å². The molecule has 0 spiro atoms. The van der Waals surface area contributed by atoms with Crippen LogP contribution in [0.15, 0.2) is 28.7 Å². The summed E-state index contributed by atoms with van der Waals surface area (Å²) in [5.41, 5.74) is 1.27. The third-order valence-electron chi connectivity index (χ3n) is 3.81. The quantitative estimate of drug-likeness (QED) is 0.491. The van der Waals surface area contributed by atoms with Gasteiger partial charge in [-0.3, -0.25) is 4.79 Å². The van der Waals surface area contributed by atoms with E-state index in [1.54, 1.807) is 19.1 Å². The van der Waals surface area contributed by atoms with Gasteiger partial charge in [-0.05, 0) is 37.6 Å². The molecule has 1 aromatic carbocycles. The number of anilines is 3. The van der Waals surface area contributed by atoms with Crippen LogP contribution in [-0.4, -0.2) is 26.8 Å². The highest BCUT2D eigenvalue weighted by molar-refractivity contribution is 6.99. The van der Waals surface area contributed by atoms with E-state index in [0.29, 0.717) is 29.4 Å². The zero-order valence-electron chi connectivity index (χ0n) is 14.6. The Balaban J connectivity index is 1.80. The van der Waals surface area contributed by atoms with Crippen molar-refractivity contribution < 1.29 is 14.3 Å². The number of aromatic nitrogens is 2. The highest BCUT2D eigenvalue weighted by atomic mass is 32.1. The fourth-order valence-corrected chi connectivity index (χ4v) is 2.96. The minimum atomic E-state index is -0.355. The molecule has 136 valence electrons. The number of amides is 1. The first-order chi connectivity index (χ1) is 12.5. The normalized spacial score (nSPS) is 10.6. The van der Waals surface area contributed by atoms with Crippen LogP contribution >= 0.6 is 11.7 Å². The van der Waals surface area contributed by atoms with Crippen LogP contribution in [0.4, 0.5) is 17.3 Å². The summed E-state index contributed by atoms with van der Waals surface area (Å²) in [6, 6.07) is 7.22. The molecule has 4 N–H and O–H groups in total. The molecule has 0 aliphatic rings. The molecule has 0 saturated carbocycles. The fraction of sp³-hybridized carbons (Fsp3) is 0.235. The fourth-order valence-electron chi connectivity index (χ4n) is 2.47. The molecule has 3 aromatic rings. The Kier molecular flexibility index (Phi) is 5.08. The monoisotopic (exact) mass is 373 g/mol. The molecule has 1 amide bonds. The number of aryl methyl sites for hydroxylation is 2. The summed E-state index contributed by atoms with van der Waals surface area (Å²) >= 11 is 1.03. The van der Waals surface area contributed by atoms with Gasteiger partial charge < -0.3 is 25.5 Å². The van der Waals surface area contributed by atoms with Crippen molar-refractivity contribution in [3.05, 3.63) is 46.9 Å². The Morgan fingerprint density at radius 3 is 2.65 bits per heavy atom. The van der Waals surface area contributed by atoms with E-state index in [1.165, 1.54) is 7.05 Å². The topological polar surface area (TPSA) is 112 Å². The van der Waals surface area contributed by atoms with E-state index >= 15 is 0 Å². The molecule has 0 fully saturated rings. The van der Waals surface area contributed by atoms with Gasteiger partial charge in [-0.1, -0.05) is 6.07 Å². The summed E-state index contributed by atoms with van der Waals surface area (Å²) in [6.45, 7) is 4.10. The smallest absolute Gasteiger partial charge is 0.255 e. The largest absolute Gasteiger partial charge is 0.505 e. The number of furan rings is 1. The maximum atomic E-state index is 12.0. The Hall–Kier alpha value is -3.07. The number of phenols is 1. The van der Waals surface area contributed by atoms with Gasteiger partial charge in [-0.15, -0.1) is 0 Å². The third-order valence-corrected chi connectivity index (χ3v) is 4.34. The molecule has 8 nitrogen and oxygen atoms in total. The highest BCUT2D eigenvalue weighted by Crippen LogP contribution is 2.34. The van der Waals surface area contributed by atoms with Crippen LogP contribution in [0, 0.1) is 13.8 Å². The Bertz CT molecular complexity index is 934. The Labute approximate surface area is 154 Å². The average Bonchev–Trinajstić information content (AvgIpc) is 3.24. The summed E-state index contributed by atoms with van der Waals surface area (Å²) in [5.74, 6) is 2.12. The van der Waals surface area contributed by atoms with Crippen LogP contribution < -0.4 is 16.0 Å². The molecule has 2 heterocycles. The van der Waals surface area contributed by atoms with Crippen LogP contribution in [-0.2, 0) is 6.54 Å². The van der Waals surface area contributed by atoms with E-state index in [0.717, 1.165) is 23.2 Å². The lowest BCUT2D eigenvalue weighted by Gasteiger charge is -2.13. The van der Waals surface area contributed by atoms with Crippen molar-refractivity contribution in [1.82, 2.24) is 14.1 Å². The molecule has 9 heteroatoms. The van der Waals surface area contributed by atoms with E-state index in [9.17, 15) is 9.90 Å². The predicted octanol–water partition coefficient (Wildman–Crippen LogP) is 3.17. The molecule has 3 rings (SSSR count). The van der Waals surface area contributed by atoms with Gasteiger partial charge in [0.1, 0.15) is 11.5 Å². The lowest BCUT2D eigenvalue weighted by Crippen LogP contribution is -2.19. The first kappa shape index (κ1) is 17.7. The lowest BCUT2D eigenvalue weighted by atomic mass is 10.1. The number of benzene rings is 1. The summed E-state index contributed by atoms with van der Waals surface area (Å²) in [5, 5.41) is 19.2. The van der Waals surface area contributed by atoms with E-state index in [1.807, 2.05) is 19.1 Å². The zero-order chi connectivity index (χ0) is 18.7. The van der Waals surface area contributed by atoms with Crippen LogP contribution in [0.3, 0.4) is 0 Å². The SMILES string of the molecule is CNC(=O)c1c(C)ccc(Nc2nsnc2NCc2ccc(C)o2)c1O. The highest BCUT2D eigenvalue weighted by Gasteiger charge is 2.18. The number of carbonyl (C=O) groups excluding carboxylic acids is 1. The molecule has 0 atom stereocenters. The van der Waals surface area contributed by atoms with Crippen molar-refractivity contribution in [3.8, 4) is 5.75 Å². The van der Waals surface area contributed by atoms with E-state index in [2.05, 4.69) is 24.7 Å². The van der Waals surface area contributed by atoms with Crippen molar-refractivity contribution in [3.63, 3.8) is 0 Å². The van der Waals surface area contributed by atoms with E-state index in [4.69, 9.17) is 4.42 Å². The maximum absolute atomic E-state index is 12.0. The molecular formula is C17H19N5O3S. The van der Waals surface area contributed by atoms with Crippen LogP contribution in [0.2, 0.25) is 0 Å². The molecule has 0 bridgehead atoms. The number of aromatic hydroxyl groups is 1. The van der Waals surface area contributed by atoms with Gasteiger partial charge in [-0.25, -0.2) is 0 Å². The maximum Gasteiger partial charge on any atom is 0.255 e. The second-order valence-electron chi connectivity index (χ2n) is 5.69. The van der Waals surface area contributed by atoms with Gasteiger partial charge in [0.2, 0.25) is 0 Å². The molecule has 0 aliphatic carbocycles. The number of hydrogen-bond acceptors (Lipinski definition) is 8. The van der Waals surface area contributed by atoms with Crippen molar-refractivity contribution in [2.24, 2.45) is 0 Å². The molecule has 26 heavy (non-hydrogen) atoms.